The largest absolute Gasteiger partial charge is 0.506 e. The van der Waals surface area contributed by atoms with Crippen LogP contribution in [0.5, 0.6) is 5.75 Å². The maximum atomic E-state index is 13.3. The molecular weight excluding hydrogens is 462 g/mol. The number of nitrogens with one attached hydrogen (secondary N) is 1. The van der Waals surface area contributed by atoms with Crippen LogP contribution in [0, 0.1) is 5.92 Å². The molecule has 3 aliphatic carbocycles. The molecule has 4 bridgehead atoms. The molecule has 37 heavy (non-hydrogen) atoms. The second-order valence-corrected chi connectivity index (χ2v) is 11.9. The zero-order chi connectivity index (χ0) is 25.1. The Morgan fingerprint density at radius 1 is 0.946 bits per heavy atom. The Morgan fingerprint density at radius 2 is 1.65 bits per heavy atom. The van der Waals surface area contributed by atoms with E-state index in [1.165, 1.54) is 37.7 Å². The smallest absolute Gasteiger partial charge is 0.267 e. The summed E-state index contributed by atoms with van der Waals surface area (Å²) >= 11 is 0. The molecule has 5 fully saturated rings. The lowest BCUT2D eigenvalue weighted by Gasteiger charge is -2.62. The quantitative estimate of drug-likeness (QED) is 0.462. The number of hydrogen-bond donors (Lipinski definition) is 2. The maximum absolute atomic E-state index is 13.3. The number of carbonyl (C=O) groups is 1. The minimum Gasteiger partial charge on any atom is -0.506 e. The van der Waals surface area contributed by atoms with Crippen LogP contribution in [0.1, 0.15) is 73.3 Å². The van der Waals surface area contributed by atoms with Crippen molar-refractivity contribution < 1.29 is 9.90 Å². The minimum atomic E-state index is -0.467. The predicted octanol–water partition coefficient (Wildman–Crippen LogP) is 4.75. The lowest BCUT2D eigenvalue weighted by Crippen LogP contribution is -2.63. The van der Waals surface area contributed by atoms with Crippen molar-refractivity contribution in [3.05, 3.63) is 76.1 Å². The second-order valence-electron chi connectivity index (χ2n) is 11.9. The fourth-order valence-electron chi connectivity index (χ4n) is 8.02. The average molecular weight is 498 g/mol. The van der Waals surface area contributed by atoms with E-state index in [1.54, 1.807) is 10.6 Å². The van der Waals surface area contributed by atoms with Gasteiger partial charge in [-0.25, -0.2) is 0 Å². The lowest BCUT2D eigenvalue weighted by atomic mass is 9.53. The van der Waals surface area contributed by atoms with Crippen molar-refractivity contribution in [3.63, 3.8) is 0 Å². The number of piperidine rings is 2. The second kappa shape index (κ2) is 8.73. The number of carbonyl (C=O) groups excluding carboxylic acids is 1. The van der Waals surface area contributed by atoms with Gasteiger partial charge < -0.3 is 15.0 Å². The van der Waals surface area contributed by atoms with Crippen molar-refractivity contribution in [3.8, 4) is 5.75 Å². The van der Waals surface area contributed by atoms with Gasteiger partial charge in [0.2, 0.25) is 0 Å². The van der Waals surface area contributed by atoms with E-state index in [9.17, 15) is 14.7 Å². The molecule has 3 saturated carbocycles. The number of aromatic hydroxyl groups is 1. The Labute approximate surface area is 217 Å². The van der Waals surface area contributed by atoms with Crippen molar-refractivity contribution in [2.45, 2.75) is 74.9 Å². The third kappa shape index (κ3) is 3.80. The summed E-state index contributed by atoms with van der Waals surface area (Å²) in [6, 6.07) is 19.8. The van der Waals surface area contributed by atoms with Gasteiger partial charge in [-0.2, -0.15) is 0 Å². The van der Waals surface area contributed by atoms with E-state index in [0.29, 0.717) is 34.9 Å². The van der Waals surface area contributed by atoms with E-state index in [-0.39, 0.29) is 22.9 Å². The molecule has 8 rings (SSSR count). The standard InChI is InChI=1S/C31H35N3O3/c35-28-25-9-4-5-10-26(25)34(22-11-12-22)30(37)27(28)29(36)32-13-6-14-33-23-15-20-16-24(33)19-31(17-20,18-23)21-7-2-1-3-8-21/h1-5,7-10,20,22-24,35H,6,11-19H2,(H,32,36). The highest BCUT2D eigenvalue weighted by molar-refractivity contribution is 6.02. The Balaban J connectivity index is 1.03. The first-order valence-corrected chi connectivity index (χ1v) is 14.0. The first kappa shape index (κ1) is 23.0. The molecule has 3 aromatic rings. The van der Waals surface area contributed by atoms with Crippen LogP contribution in [0.25, 0.3) is 10.9 Å². The summed E-state index contributed by atoms with van der Waals surface area (Å²) in [5.41, 5.74) is 2.07. The van der Waals surface area contributed by atoms with Crippen LogP contribution in [-0.2, 0) is 5.41 Å². The summed E-state index contributed by atoms with van der Waals surface area (Å²) in [6.45, 7) is 1.46. The van der Waals surface area contributed by atoms with Crippen LogP contribution < -0.4 is 10.9 Å². The molecule has 2 unspecified atom stereocenters. The van der Waals surface area contributed by atoms with Gasteiger partial charge in [0.1, 0.15) is 11.3 Å². The van der Waals surface area contributed by atoms with Crippen LogP contribution in [0.3, 0.4) is 0 Å². The monoisotopic (exact) mass is 497 g/mol. The van der Waals surface area contributed by atoms with Crippen molar-refractivity contribution in [2.75, 3.05) is 13.1 Å². The Kier molecular flexibility index (Phi) is 5.43. The van der Waals surface area contributed by atoms with Crippen molar-refractivity contribution in [2.24, 2.45) is 5.92 Å². The number of nitrogens with zero attached hydrogens (tertiary/aromatic N) is 2. The molecule has 5 aliphatic rings. The predicted molar refractivity (Wildman–Crippen MR) is 144 cm³/mol. The van der Waals surface area contributed by atoms with Crippen molar-refractivity contribution in [1.29, 1.82) is 0 Å². The Morgan fingerprint density at radius 3 is 2.38 bits per heavy atom. The molecule has 2 aliphatic heterocycles. The van der Waals surface area contributed by atoms with Crippen LogP contribution in [-0.4, -0.2) is 45.7 Å². The van der Waals surface area contributed by atoms with E-state index < -0.39 is 5.91 Å². The number of benzene rings is 2. The average Bonchev–Trinajstić information content (AvgIpc) is 3.73. The molecule has 6 heteroatoms. The van der Waals surface area contributed by atoms with E-state index in [0.717, 1.165) is 31.7 Å². The van der Waals surface area contributed by atoms with Crippen molar-refractivity contribution in [1.82, 2.24) is 14.8 Å². The summed E-state index contributed by atoms with van der Waals surface area (Å²) < 4.78 is 1.70. The fraction of sp³-hybridized carbons (Fsp3) is 0.484. The number of fused-ring (bicyclic) bond motifs is 1. The number of pyridine rings is 1. The highest BCUT2D eigenvalue weighted by atomic mass is 16.3. The zero-order valence-corrected chi connectivity index (χ0v) is 21.2. The van der Waals surface area contributed by atoms with Gasteiger partial charge in [0, 0.05) is 36.6 Å². The highest BCUT2D eigenvalue weighted by Gasteiger charge is 2.54. The number of para-hydroxylation sites is 1. The SMILES string of the molecule is O=C(NCCCN1C2CC3CC1CC(c1ccccc1)(C3)C2)c1c(O)c2ccccc2n(C2CC2)c1=O. The summed E-state index contributed by atoms with van der Waals surface area (Å²) in [7, 11) is 0. The van der Waals surface area contributed by atoms with Gasteiger partial charge in [0.15, 0.2) is 0 Å². The van der Waals surface area contributed by atoms with Gasteiger partial charge in [-0.3, -0.25) is 14.5 Å². The zero-order valence-electron chi connectivity index (χ0n) is 21.2. The summed E-state index contributed by atoms with van der Waals surface area (Å²) in [5, 5.41) is 14.4. The summed E-state index contributed by atoms with van der Waals surface area (Å²) in [4.78, 5) is 29.1. The topological polar surface area (TPSA) is 74.6 Å². The first-order valence-electron chi connectivity index (χ1n) is 14.0. The lowest BCUT2D eigenvalue weighted by molar-refractivity contribution is -0.0750. The summed E-state index contributed by atoms with van der Waals surface area (Å²) in [5.74, 6) is 0.162. The van der Waals surface area contributed by atoms with Crippen LogP contribution in [0.15, 0.2) is 59.4 Å². The molecule has 192 valence electrons. The molecule has 1 aromatic heterocycles. The molecule has 2 N–H and O–H groups in total. The van der Waals surface area contributed by atoms with Gasteiger partial charge >= 0.3 is 0 Å². The normalized spacial score (nSPS) is 28.6. The molecule has 0 spiro atoms. The molecule has 6 nitrogen and oxygen atoms in total. The van der Waals surface area contributed by atoms with Gasteiger partial charge in [-0.05, 0) is 80.4 Å². The van der Waals surface area contributed by atoms with Gasteiger partial charge in [-0.15, -0.1) is 0 Å². The number of aromatic nitrogens is 1. The highest BCUT2D eigenvalue weighted by Crippen LogP contribution is 2.57. The molecule has 1 amide bonds. The minimum absolute atomic E-state index is 0.119. The van der Waals surface area contributed by atoms with Crippen LogP contribution in [0.2, 0.25) is 0 Å². The molecular formula is C31H35N3O3. The third-order valence-corrected chi connectivity index (χ3v) is 9.57. The number of amides is 1. The number of rotatable bonds is 7. The van der Waals surface area contributed by atoms with Gasteiger partial charge in [0.05, 0.1) is 5.52 Å². The van der Waals surface area contributed by atoms with E-state index >= 15 is 0 Å². The van der Waals surface area contributed by atoms with E-state index in [4.69, 9.17) is 0 Å². The molecule has 2 saturated heterocycles. The van der Waals surface area contributed by atoms with Crippen LogP contribution >= 0.6 is 0 Å². The first-order chi connectivity index (χ1) is 18.0. The third-order valence-electron chi connectivity index (χ3n) is 9.57. The molecule has 3 heterocycles. The maximum Gasteiger partial charge on any atom is 0.267 e. The van der Waals surface area contributed by atoms with E-state index in [1.807, 2.05) is 18.2 Å². The van der Waals surface area contributed by atoms with Crippen molar-refractivity contribution >= 4 is 16.8 Å². The fourth-order valence-corrected chi connectivity index (χ4v) is 8.02. The van der Waals surface area contributed by atoms with Gasteiger partial charge in [-0.1, -0.05) is 42.5 Å². The molecule has 2 atom stereocenters. The Hall–Kier alpha value is -3.12. The molecule has 2 aromatic carbocycles. The summed E-state index contributed by atoms with van der Waals surface area (Å²) in [6.07, 6.45) is 9.10. The van der Waals surface area contributed by atoms with Gasteiger partial charge in [0.25, 0.3) is 11.5 Å². The number of hydrogen-bond acceptors (Lipinski definition) is 4. The van der Waals surface area contributed by atoms with E-state index in [2.05, 4.69) is 40.5 Å². The van der Waals surface area contributed by atoms with Crippen LogP contribution in [0.4, 0.5) is 0 Å². The molecule has 0 radical (unpaired) electrons. The Bertz CT molecular complexity index is 1390.